The largest absolute Gasteiger partial charge is 0.366 e. The molecule has 2 fully saturated rings. The summed E-state index contributed by atoms with van der Waals surface area (Å²) in [6.45, 7) is 5.57. The molecule has 2 heterocycles. The number of nitrogens with one attached hydrogen (secondary N) is 1. The minimum absolute atomic E-state index is 0.0767. The second-order valence-electron chi connectivity index (χ2n) is 4.94. The number of nitrogens with two attached hydrogens (primary N) is 1. The topological polar surface area (TPSA) is 78.1 Å². The molecule has 2 saturated heterocycles. The number of fused-ring (bicyclic) bond motifs is 1. The van der Waals surface area contributed by atoms with E-state index in [9.17, 15) is 0 Å². The molecule has 3 rings (SSSR count). The average molecular weight is 365 g/mol. The predicted molar refractivity (Wildman–Crippen MR) is 74.2 cm³/mol. The summed E-state index contributed by atoms with van der Waals surface area (Å²) in [5, 5.41) is 0. The Morgan fingerprint density at radius 2 is 2.44 bits per heavy atom. The molecule has 6 atom stereocenters. The zero-order chi connectivity index (χ0) is 13.0. The number of ether oxygens (including phenoxy) is 2. The summed E-state index contributed by atoms with van der Waals surface area (Å²) >= 11 is 1.93. The molecule has 1 aliphatic carbocycles. The summed E-state index contributed by atoms with van der Waals surface area (Å²) in [5.41, 5.74) is 4.55. The van der Waals surface area contributed by atoms with Gasteiger partial charge in [-0.3, -0.25) is 9.83 Å². The van der Waals surface area contributed by atoms with Crippen LogP contribution in [-0.4, -0.2) is 42.4 Å². The van der Waals surface area contributed by atoms with Crippen LogP contribution in [0, 0.1) is 0 Å². The molecule has 6 nitrogen and oxygen atoms in total. The first-order valence-corrected chi connectivity index (χ1v) is 6.96. The van der Waals surface area contributed by atoms with Gasteiger partial charge >= 0.3 is 0 Å². The zero-order valence-corrected chi connectivity index (χ0v) is 12.2. The molecule has 0 unspecified atom stereocenters. The van der Waals surface area contributed by atoms with E-state index in [2.05, 4.69) is 15.4 Å². The zero-order valence-electron chi connectivity index (χ0n) is 10.0. The quantitative estimate of drug-likeness (QED) is 0.250. The molecular formula is C11H16IN3O3. The van der Waals surface area contributed by atoms with Crippen molar-refractivity contribution in [2.24, 2.45) is 10.7 Å². The van der Waals surface area contributed by atoms with Crippen LogP contribution in [0.1, 0.15) is 13.3 Å². The maximum absolute atomic E-state index is 6.37. The van der Waals surface area contributed by atoms with Crippen molar-refractivity contribution in [3.8, 4) is 0 Å². The molecule has 0 saturated carbocycles. The van der Waals surface area contributed by atoms with Crippen LogP contribution in [0.4, 0.5) is 0 Å². The Bertz CT molecular complexity index is 407. The second kappa shape index (κ2) is 4.22. The van der Waals surface area contributed by atoms with Crippen LogP contribution in [0.25, 0.3) is 0 Å². The van der Waals surface area contributed by atoms with Gasteiger partial charge in [-0.2, -0.15) is 0 Å². The first kappa shape index (κ1) is 12.9. The summed E-state index contributed by atoms with van der Waals surface area (Å²) in [6.07, 6.45) is 3.90. The van der Waals surface area contributed by atoms with Crippen molar-refractivity contribution in [1.29, 1.82) is 0 Å². The fourth-order valence-electron chi connectivity index (χ4n) is 3.35. The predicted octanol–water partition coefficient (Wildman–Crippen LogP) is 0.467. The van der Waals surface area contributed by atoms with E-state index in [1.165, 1.54) is 0 Å². The molecule has 2 bridgehead atoms. The van der Waals surface area contributed by atoms with E-state index in [0.29, 0.717) is 0 Å². The normalized spacial score (nSPS) is 53.5. The fourth-order valence-corrected chi connectivity index (χ4v) is 3.63. The van der Waals surface area contributed by atoms with Gasteiger partial charge in [0.25, 0.3) is 0 Å². The SMILES string of the molecule is C=N[C@@]1(N)C=CC[C@H]2O[C@@H]3[C@H](C)O[C@]21[C@H]3ONI. The fraction of sp³-hybridized carbons (Fsp3) is 0.727. The molecule has 3 N–H and O–H groups in total. The minimum atomic E-state index is -1.02. The molecule has 7 heteroatoms. The summed E-state index contributed by atoms with van der Waals surface area (Å²) < 4.78 is 14.8. The number of rotatable bonds is 3. The Morgan fingerprint density at radius 1 is 1.67 bits per heavy atom. The van der Waals surface area contributed by atoms with Gasteiger partial charge in [0.15, 0.2) is 11.3 Å². The van der Waals surface area contributed by atoms with Gasteiger partial charge in [0, 0.05) is 22.9 Å². The van der Waals surface area contributed by atoms with Crippen LogP contribution in [-0.2, 0) is 14.3 Å². The maximum Gasteiger partial charge on any atom is 0.167 e. The Hall–Kier alpha value is -0.0600. The number of halogens is 1. The smallest absolute Gasteiger partial charge is 0.167 e. The van der Waals surface area contributed by atoms with Crippen molar-refractivity contribution in [1.82, 2.24) is 3.69 Å². The molecule has 0 amide bonds. The number of nitrogens with zero attached hydrogens (tertiary/aromatic N) is 1. The summed E-state index contributed by atoms with van der Waals surface area (Å²) in [4.78, 5) is 9.69. The van der Waals surface area contributed by atoms with Crippen LogP contribution in [0.5, 0.6) is 0 Å². The van der Waals surface area contributed by atoms with Gasteiger partial charge in [-0.05, 0) is 26.1 Å². The molecule has 0 aromatic rings. The summed E-state index contributed by atoms with van der Waals surface area (Å²) in [5.74, 6) is 0. The molecule has 0 aromatic heterocycles. The molecule has 2 aliphatic heterocycles. The van der Waals surface area contributed by atoms with Crippen LogP contribution < -0.4 is 9.43 Å². The highest BCUT2D eigenvalue weighted by Crippen LogP contribution is 2.54. The lowest BCUT2D eigenvalue weighted by atomic mass is 9.75. The number of hydrogen-bond donors (Lipinski definition) is 2. The van der Waals surface area contributed by atoms with E-state index < -0.39 is 11.3 Å². The van der Waals surface area contributed by atoms with Gasteiger partial charge in [-0.15, -0.1) is 3.69 Å². The molecule has 3 aliphatic rings. The first-order chi connectivity index (χ1) is 8.59. The Kier molecular flexibility index (Phi) is 3.03. The van der Waals surface area contributed by atoms with Gasteiger partial charge in [0.1, 0.15) is 12.2 Å². The lowest BCUT2D eigenvalue weighted by Crippen LogP contribution is -2.69. The average Bonchev–Trinajstić information content (AvgIpc) is 2.80. The highest BCUT2D eigenvalue weighted by Gasteiger charge is 2.74. The van der Waals surface area contributed by atoms with Crippen molar-refractivity contribution >= 4 is 29.6 Å². The van der Waals surface area contributed by atoms with E-state index in [4.69, 9.17) is 20.0 Å². The standard InChI is InChI=1S/C11H16IN3O3/c1-6-8-9(18-15-12)11(17-6)7(16-8)4-3-5-10(11,13)14-2/h3,5-9,15H,2,4,13H2,1H3/t6-,7+,8+,9-,10-,11-/m0/s1. The summed E-state index contributed by atoms with van der Waals surface area (Å²) in [7, 11) is 0. The molecule has 0 aromatic carbocycles. The minimum Gasteiger partial charge on any atom is -0.366 e. The van der Waals surface area contributed by atoms with Crippen molar-refractivity contribution in [3.05, 3.63) is 12.2 Å². The van der Waals surface area contributed by atoms with Gasteiger partial charge in [-0.1, -0.05) is 6.08 Å². The van der Waals surface area contributed by atoms with E-state index >= 15 is 0 Å². The Balaban J connectivity index is 2.09. The number of aliphatic imine (C=N–C) groups is 1. The number of hydrogen-bond acceptors (Lipinski definition) is 6. The highest BCUT2D eigenvalue weighted by molar-refractivity contribution is 14.1. The van der Waals surface area contributed by atoms with Crippen molar-refractivity contribution in [3.63, 3.8) is 0 Å². The lowest BCUT2D eigenvalue weighted by Gasteiger charge is -2.47. The van der Waals surface area contributed by atoms with E-state index in [0.717, 1.165) is 6.42 Å². The van der Waals surface area contributed by atoms with Crippen LogP contribution in [0.2, 0.25) is 0 Å². The van der Waals surface area contributed by atoms with Gasteiger partial charge in [0.05, 0.1) is 12.2 Å². The lowest BCUT2D eigenvalue weighted by molar-refractivity contribution is -0.205. The van der Waals surface area contributed by atoms with Gasteiger partial charge < -0.3 is 15.2 Å². The van der Waals surface area contributed by atoms with Crippen molar-refractivity contribution in [2.75, 3.05) is 0 Å². The van der Waals surface area contributed by atoms with Crippen molar-refractivity contribution < 1.29 is 14.3 Å². The van der Waals surface area contributed by atoms with Crippen LogP contribution in [0.15, 0.2) is 17.1 Å². The second-order valence-corrected chi connectivity index (χ2v) is 5.38. The third-order valence-corrected chi connectivity index (χ3v) is 4.40. The van der Waals surface area contributed by atoms with E-state index in [1.807, 2.05) is 41.9 Å². The van der Waals surface area contributed by atoms with Gasteiger partial charge in [0.2, 0.25) is 0 Å². The molecular weight excluding hydrogens is 349 g/mol. The third-order valence-electron chi connectivity index (χ3n) is 4.15. The molecule has 100 valence electrons. The monoisotopic (exact) mass is 365 g/mol. The first-order valence-electron chi connectivity index (χ1n) is 5.88. The van der Waals surface area contributed by atoms with Gasteiger partial charge in [-0.25, -0.2) is 0 Å². The van der Waals surface area contributed by atoms with Crippen LogP contribution in [0.3, 0.4) is 0 Å². The molecule has 18 heavy (non-hydrogen) atoms. The maximum atomic E-state index is 6.37. The Morgan fingerprint density at radius 3 is 3.11 bits per heavy atom. The van der Waals surface area contributed by atoms with Crippen molar-refractivity contribution in [2.45, 2.75) is 49.0 Å². The van der Waals surface area contributed by atoms with E-state index in [1.54, 1.807) is 0 Å². The molecule has 0 radical (unpaired) electrons. The Labute approximate surface area is 119 Å². The summed E-state index contributed by atoms with van der Waals surface area (Å²) in [6, 6.07) is 0. The highest BCUT2D eigenvalue weighted by atomic mass is 127. The molecule has 1 spiro atoms. The third kappa shape index (κ3) is 1.37. The van der Waals surface area contributed by atoms with E-state index in [-0.39, 0.29) is 24.4 Å². The van der Waals surface area contributed by atoms with Crippen LogP contribution >= 0.6 is 22.9 Å².